The average molecular weight is 224 g/mol. The molecule has 0 bridgehead atoms. The van der Waals surface area contributed by atoms with Gasteiger partial charge in [0.2, 0.25) is 5.91 Å². The zero-order valence-electron chi connectivity index (χ0n) is 10.6. The van der Waals surface area contributed by atoms with Crippen LogP contribution in [-0.2, 0) is 4.79 Å². The summed E-state index contributed by atoms with van der Waals surface area (Å²) < 4.78 is 0. The average Bonchev–Trinajstić information content (AvgIpc) is 2.67. The SMILES string of the molecule is CC1(NC(=O)C2(C)CCCC2)CCNCC1. The fourth-order valence-corrected chi connectivity index (χ4v) is 2.91. The second kappa shape index (κ2) is 4.36. The third-order valence-corrected chi connectivity index (χ3v) is 4.38. The maximum atomic E-state index is 12.3. The Bertz CT molecular complexity index is 263. The summed E-state index contributed by atoms with van der Waals surface area (Å²) in [4.78, 5) is 12.3. The quantitative estimate of drug-likeness (QED) is 0.751. The first-order valence-electron chi connectivity index (χ1n) is 6.58. The van der Waals surface area contributed by atoms with Crippen molar-refractivity contribution in [1.29, 1.82) is 0 Å². The Kier molecular flexibility index (Phi) is 3.24. The van der Waals surface area contributed by atoms with Gasteiger partial charge in [-0.3, -0.25) is 4.79 Å². The number of hydrogen-bond acceptors (Lipinski definition) is 2. The van der Waals surface area contributed by atoms with Crippen molar-refractivity contribution in [1.82, 2.24) is 10.6 Å². The Morgan fingerprint density at radius 3 is 2.19 bits per heavy atom. The van der Waals surface area contributed by atoms with E-state index < -0.39 is 0 Å². The summed E-state index contributed by atoms with van der Waals surface area (Å²) in [5.74, 6) is 0.286. The number of carbonyl (C=O) groups is 1. The van der Waals surface area contributed by atoms with Crippen LogP contribution in [0.2, 0.25) is 0 Å². The zero-order chi connectivity index (χ0) is 11.6. The second-order valence-corrected chi connectivity index (χ2v) is 6.03. The number of hydrogen-bond donors (Lipinski definition) is 2. The maximum absolute atomic E-state index is 12.3. The number of nitrogens with one attached hydrogen (secondary N) is 2. The van der Waals surface area contributed by atoms with E-state index in [4.69, 9.17) is 0 Å². The van der Waals surface area contributed by atoms with Crippen molar-refractivity contribution in [2.75, 3.05) is 13.1 Å². The number of rotatable bonds is 2. The topological polar surface area (TPSA) is 41.1 Å². The molecule has 1 aliphatic heterocycles. The van der Waals surface area contributed by atoms with E-state index in [9.17, 15) is 4.79 Å². The first-order valence-corrected chi connectivity index (χ1v) is 6.58. The van der Waals surface area contributed by atoms with Crippen molar-refractivity contribution in [3.63, 3.8) is 0 Å². The Balaban J connectivity index is 1.95. The molecule has 92 valence electrons. The Morgan fingerprint density at radius 2 is 1.62 bits per heavy atom. The highest BCUT2D eigenvalue weighted by Crippen LogP contribution is 2.38. The summed E-state index contributed by atoms with van der Waals surface area (Å²) in [5, 5.41) is 6.64. The van der Waals surface area contributed by atoms with Gasteiger partial charge in [-0.05, 0) is 45.7 Å². The lowest BCUT2D eigenvalue weighted by Gasteiger charge is -2.37. The largest absolute Gasteiger partial charge is 0.350 e. The van der Waals surface area contributed by atoms with Crippen LogP contribution < -0.4 is 10.6 Å². The summed E-state index contributed by atoms with van der Waals surface area (Å²) in [5.41, 5.74) is -0.0676. The maximum Gasteiger partial charge on any atom is 0.226 e. The molecule has 0 atom stereocenters. The van der Waals surface area contributed by atoms with Gasteiger partial charge in [0.15, 0.2) is 0 Å². The van der Waals surface area contributed by atoms with Gasteiger partial charge < -0.3 is 10.6 Å². The molecule has 2 rings (SSSR count). The smallest absolute Gasteiger partial charge is 0.226 e. The zero-order valence-corrected chi connectivity index (χ0v) is 10.6. The van der Waals surface area contributed by atoms with Crippen LogP contribution in [0.15, 0.2) is 0 Å². The lowest BCUT2D eigenvalue weighted by Crippen LogP contribution is -2.55. The van der Waals surface area contributed by atoms with E-state index in [1.165, 1.54) is 12.8 Å². The molecular formula is C13H24N2O. The van der Waals surface area contributed by atoms with Gasteiger partial charge >= 0.3 is 0 Å². The van der Waals surface area contributed by atoms with Gasteiger partial charge in [-0.1, -0.05) is 19.8 Å². The monoisotopic (exact) mass is 224 g/mol. The fourth-order valence-electron chi connectivity index (χ4n) is 2.91. The molecule has 3 nitrogen and oxygen atoms in total. The third kappa shape index (κ3) is 2.40. The first-order chi connectivity index (χ1) is 7.54. The summed E-state index contributed by atoms with van der Waals surface area (Å²) >= 11 is 0. The summed E-state index contributed by atoms with van der Waals surface area (Å²) in [7, 11) is 0. The van der Waals surface area contributed by atoms with E-state index in [2.05, 4.69) is 24.5 Å². The van der Waals surface area contributed by atoms with Crippen LogP contribution in [0.4, 0.5) is 0 Å². The minimum Gasteiger partial charge on any atom is -0.350 e. The number of piperidine rings is 1. The van der Waals surface area contributed by atoms with Crippen molar-refractivity contribution >= 4 is 5.91 Å². The molecular weight excluding hydrogens is 200 g/mol. The molecule has 0 aromatic carbocycles. The third-order valence-electron chi connectivity index (χ3n) is 4.38. The molecule has 2 N–H and O–H groups in total. The van der Waals surface area contributed by atoms with Crippen LogP contribution in [0.5, 0.6) is 0 Å². The highest BCUT2D eigenvalue weighted by Gasteiger charge is 2.39. The molecule has 3 heteroatoms. The van der Waals surface area contributed by atoms with Crippen LogP contribution in [0.25, 0.3) is 0 Å². The Labute approximate surface area is 98.4 Å². The molecule has 0 radical (unpaired) electrons. The van der Waals surface area contributed by atoms with Gasteiger partial charge in [-0.15, -0.1) is 0 Å². The normalized spacial score (nSPS) is 27.6. The van der Waals surface area contributed by atoms with E-state index in [0.717, 1.165) is 38.8 Å². The molecule has 0 aromatic rings. The van der Waals surface area contributed by atoms with Crippen molar-refractivity contribution in [3.05, 3.63) is 0 Å². The summed E-state index contributed by atoms with van der Waals surface area (Å²) in [6.07, 6.45) is 6.65. The molecule has 1 aliphatic carbocycles. The molecule has 1 heterocycles. The molecule has 0 spiro atoms. The Hall–Kier alpha value is -0.570. The van der Waals surface area contributed by atoms with Gasteiger partial charge in [-0.25, -0.2) is 0 Å². The fraction of sp³-hybridized carbons (Fsp3) is 0.923. The minimum atomic E-state index is -0.0894. The molecule has 0 unspecified atom stereocenters. The molecule has 0 aromatic heterocycles. The van der Waals surface area contributed by atoms with Gasteiger partial charge in [0, 0.05) is 11.0 Å². The molecule has 2 fully saturated rings. The van der Waals surface area contributed by atoms with Crippen molar-refractivity contribution in [3.8, 4) is 0 Å². The van der Waals surface area contributed by atoms with Crippen LogP contribution >= 0.6 is 0 Å². The van der Waals surface area contributed by atoms with E-state index in [-0.39, 0.29) is 16.9 Å². The molecule has 1 saturated carbocycles. The molecule has 2 aliphatic rings. The second-order valence-electron chi connectivity index (χ2n) is 6.03. The van der Waals surface area contributed by atoms with Gasteiger partial charge in [0.25, 0.3) is 0 Å². The highest BCUT2D eigenvalue weighted by molar-refractivity contribution is 5.83. The molecule has 1 saturated heterocycles. The Morgan fingerprint density at radius 1 is 1.06 bits per heavy atom. The van der Waals surface area contributed by atoms with E-state index >= 15 is 0 Å². The van der Waals surface area contributed by atoms with Crippen molar-refractivity contribution < 1.29 is 4.79 Å². The molecule has 16 heavy (non-hydrogen) atoms. The lowest BCUT2D eigenvalue weighted by molar-refractivity contribution is -0.132. The van der Waals surface area contributed by atoms with Crippen molar-refractivity contribution in [2.45, 2.75) is 57.9 Å². The van der Waals surface area contributed by atoms with E-state index in [0.29, 0.717) is 0 Å². The summed E-state index contributed by atoms with van der Waals surface area (Å²) in [6.45, 7) is 6.35. The van der Waals surface area contributed by atoms with Crippen molar-refractivity contribution in [2.24, 2.45) is 5.41 Å². The van der Waals surface area contributed by atoms with Gasteiger partial charge in [0.1, 0.15) is 0 Å². The first kappa shape index (κ1) is 11.9. The van der Waals surface area contributed by atoms with E-state index in [1.807, 2.05) is 0 Å². The lowest BCUT2D eigenvalue weighted by atomic mass is 9.84. The van der Waals surface area contributed by atoms with Crippen LogP contribution in [0.1, 0.15) is 52.4 Å². The van der Waals surface area contributed by atoms with Gasteiger partial charge in [-0.2, -0.15) is 0 Å². The predicted octanol–water partition coefficient (Wildman–Crippen LogP) is 1.82. The highest BCUT2D eigenvalue weighted by atomic mass is 16.2. The minimum absolute atomic E-state index is 0.0218. The van der Waals surface area contributed by atoms with Crippen LogP contribution in [-0.4, -0.2) is 24.5 Å². The number of amides is 1. The standard InChI is InChI=1S/C13H24N2O/c1-12(5-3-4-6-12)11(16)15-13(2)7-9-14-10-8-13/h14H,3-10H2,1-2H3,(H,15,16). The van der Waals surface area contributed by atoms with Crippen LogP contribution in [0, 0.1) is 5.41 Å². The van der Waals surface area contributed by atoms with Gasteiger partial charge in [0.05, 0.1) is 0 Å². The van der Waals surface area contributed by atoms with Crippen LogP contribution in [0.3, 0.4) is 0 Å². The number of carbonyl (C=O) groups excluding carboxylic acids is 1. The summed E-state index contributed by atoms with van der Waals surface area (Å²) in [6, 6.07) is 0. The van der Waals surface area contributed by atoms with E-state index in [1.54, 1.807) is 0 Å². The molecule has 1 amide bonds. The predicted molar refractivity (Wildman–Crippen MR) is 65.2 cm³/mol.